The van der Waals surface area contributed by atoms with Crippen molar-refractivity contribution in [3.63, 3.8) is 0 Å². The Morgan fingerprint density at radius 1 is 1.39 bits per heavy atom. The van der Waals surface area contributed by atoms with Crippen molar-refractivity contribution in [2.75, 3.05) is 12.4 Å². The van der Waals surface area contributed by atoms with E-state index < -0.39 is 17.3 Å². The summed E-state index contributed by atoms with van der Waals surface area (Å²) in [5.74, 6) is -1.01. The lowest BCUT2D eigenvalue weighted by molar-refractivity contribution is -0.147. The van der Waals surface area contributed by atoms with Crippen LogP contribution in [0.5, 0.6) is 5.75 Å². The Balaban J connectivity index is 2.22. The summed E-state index contributed by atoms with van der Waals surface area (Å²) in [5, 5.41) is 11.7. The molecule has 2 N–H and O–H groups in total. The summed E-state index contributed by atoms with van der Waals surface area (Å²) in [5.41, 5.74) is 0.232. The van der Waals surface area contributed by atoms with Crippen LogP contribution in [0.3, 0.4) is 0 Å². The topological polar surface area (TPSA) is 75.6 Å². The Morgan fingerprint density at radius 2 is 2.06 bits per heavy atom. The summed E-state index contributed by atoms with van der Waals surface area (Å²) in [4.78, 5) is 23.0. The standard InChI is InChI=1S/C13H15NO4/c1-8-3-4-10(18-2)9(7-8)14-11(15)13(5-6-13)12(16)17/h3-4,7H,5-6H2,1-2H3,(H,14,15)(H,16,17). The van der Waals surface area contributed by atoms with E-state index in [4.69, 9.17) is 9.84 Å². The highest BCUT2D eigenvalue weighted by molar-refractivity contribution is 6.11. The van der Waals surface area contributed by atoms with Gasteiger partial charge in [-0.3, -0.25) is 9.59 Å². The summed E-state index contributed by atoms with van der Waals surface area (Å²) in [6.45, 7) is 1.89. The van der Waals surface area contributed by atoms with Gasteiger partial charge in [-0.25, -0.2) is 0 Å². The number of carboxylic acids is 1. The van der Waals surface area contributed by atoms with E-state index in [1.54, 1.807) is 12.1 Å². The number of carbonyl (C=O) groups excluding carboxylic acids is 1. The lowest BCUT2D eigenvalue weighted by Crippen LogP contribution is -2.31. The van der Waals surface area contributed by atoms with Crippen molar-refractivity contribution < 1.29 is 19.4 Å². The number of nitrogens with one attached hydrogen (secondary N) is 1. The zero-order valence-corrected chi connectivity index (χ0v) is 10.3. The van der Waals surface area contributed by atoms with Crippen molar-refractivity contribution in [3.05, 3.63) is 23.8 Å². The number of carbonyl (C=O) groups is 2. The molecular weight excluding hydrogens is 234 g/mol. The van der Waals surface area contributed by atoms with Crippen molar-refractivity contribution >= 4 is 17.6 Å². The molecule has 1 aromatic carbocycles. The Bertz CT molecular complexity index is 506. The zero-order valence-electron chi connectivity index (χ0n) is 10.3. The van der Waals surface area contributed by atoms with Crippen LogP contribution in [0.25, 0.3) is 0 Å². The number of amides is 1. The predicted octanol–water partition coefficient (Wildman–Crippen LogP) is 1.81. The summed E-state index contributed by atoms with van der Waals surface area (Å²) in [6.07, 6.45) is 0.782. The number of anilines is 1. The van der Waals surface area contributed by atoms with Gasteiger partial charge in [0.25, 0.3) is 0 Å². The summed E-state index contributed by atoms with van der Waals surface area (Å²) < 4.78 is 5.13. The third kappa shape index (κ3) is 2.03. The van der Waals surface area contributed by atoms with Gasteiger partial charge in [-0.15, -0.1) is 0 Å². The second kappa shape index (κ2) is 4.33. The van der Waals surface area contributed by atoms with E-state index in [-0.39, 0.29) is 0 Å². The van der Waals surface area contributed by atoms with Gasteiger partial charge in [0.15, 0.2) is 0 Å². The van der Waals surface area contributed by atoms with Crippen LogP contribution >= 0.6 is 0 Å². The largest absolute Gasteiger partial charge is 0.495 e. The molecule has 5 nitrogen and oxygen atoms in total. The van der Waals surface area contributed by atoms with Crippen LogP contribution in [-0.2, 0) is 9.59 Å². The van der Waals surface area contributed by atoms with Crippen LogP contribution in [0, 0.1) is 12.3 Å². The van der Waals surface area contributed by atoms with Gasteiger partial charge in [-0.2, -0.15) is 0 Å². The highest BCUT2D eigenvalue weighted by Crippen LogP contribution is 2.47. The molecule has 0 bridgehead atoms. The SMILES string of the molecule is COc1ccc(C)cc1NC(=O)C1(C(=O)O)CC1. The monoisotopic (exact) mass is 249 g/mol. The van der Waals surface area contributed by atoms with Gasteiger partial charge in [0, 0.05) is 0 Å². The maximum absolute atomic E-state index is 12.0. The van der Waals surface area contributed by atoms with E-state index in [0.29, 0.717) is 24.3 Å². The van der Waals surface area contributed by atoms with Crippen molar-refractivity contribution in [2.45, 2.75) is 19.8 Å². The van der Waals surface area contributed by atoms with Crippen LogP contribution < -0.4 is 10.1 Å². The van der Waals surface area contributed by atoms with Crippen LogP contribution in [-0.4, -0.2) is 24.1 Å². The quantitative estimate of drug-likeness (QED) is 0.798. The molecule has 1 aliphatic rings. The number of hydrogen-bond acceptors (Lipinski definition) is 3. The van der Waals surface area contributed by atoms with Gasteiger partial charge < -0.3 is 15.2 Å². The smallest absolute Gasteiger partial charge is 0.319 e. The van der Waals surface area contributed by atoms with E-state index in [2.05, 4.69) is 5.32 Å². The molecule has 5 heteroatoms. The summed E-state index contributed by atoms with van der Waals surface area (Å²) in [6, 6.07) is 5.36. The number of aliphatic carboxylic acids is 1. The number of hydrogen-bond donors (Lipinski definition) is 2. The van der Waals surface area contributed by atoms with Crippen molar-refractivity contribution in [1.29, 1.82) is 0 Å². The average Bonchev–Trinajstić information content (AvgIpc) is 3.10. The van der Waals surface area contributed by atoms with Crippen molar-refractivity contribution in [1.82, 2.24) is 0 Å². The summed E-state index contributed by atoms with van der Waals surface area (Å²) in [7, 11) is 1.50. The lowest BCUT2D eigenvalue weighted by Gasteiger charge is -2.14. The molecule has 1 amide bonds. The Labute approximate surface area is 105 Å². The number of ether oxygens (including phenoxy) is 1. The minimum Gasteiger partial charge on any atom is -0.495 e. The fourth-order valence-electron chi connectivity index (χ4n) is 1.82. The Morgan fingerprint density at radius 3 is 2.56 bits per heavy atom. The number of benzene rings is 1. The normalized spacial score (nSPS) is 15.9. The molecule has 0 saturated heterocycles. The van der Waals surface area contributed by atoms with E-state index in [9.17, 15) is 9.59 Å². The average molecular weight is 249 g/mol. The second-order valence-electron chi connectivity index (χ2n) is 4.55. The maximum Gasteiger partial charge on any atom is 0.319 e. The fourth-order valence-corrected chi connectivity index (χ4v) is 1.82. The first-order valence-corrected chi connectivity index (χ1v) is 5.69. The molecule has 1 aromatic rings. The maximum atomic E-state index is 12.0. The van der Waals surface area contributed by atoms with Gasteiger partial charge >= 0.3 is 5.97 Å². The molecule has 0 spiro atoms. The molecule has 1 fully saturated rings. The van der Waals surface area contributed by atoms with Gasteiger partial charge in [0.1, 0.15) is 11.2 Å². The number of aryl methyl sites for hydroxylation is 1. The lowest BCUT2D eigenvalue weighted by atomic mass is 10.1. The number of methoxy groups -OCH3 is 1. The minimum atomic E-state index is -1.24. The molecule has 1 aliphatic carbocycles. The molecule has 0 unspecified atom stereocenters. The number of carboxylic acid groups (broad SMARTS) is 1. The first-order valence-electron chi connectivity index (χ1n) is 5.69. The van der Waals surface area contributed by atoms with E-state index in [1.165, 1.54) is 7.11 Å². The van der Waals surface area contributed by atoms with E-state index in [1.807, 2.05) is 13.0 Å². The van der Waals surface area contributed by atoms with Crippen LogP contribution in [0.2, 0.25) is 0 Å². The summed E-state index contributed by atoms with van der Waals surface area (Å²) >= 11 is 0. The molecule has 0 aromatic heterocycles. The Kier molecular flexibility index (Phi) is 2.98. The predicted molar refractivity (Wildman–Crippen MR) is 65.7 cm³/mol. The van der Waals surface area contributed by atoms with Gasteiger partial charge in [-0.05, 0) is 37.5 Å². The first kappa shape index (κ1) is 12.4. The van der Waals surface area contributed by atoms with Crippen LogP contribution in [0.1, 0.15) is 18.4 Å². The molecule has 96 valence electrons. The highest BCUT2D eigenvalue weighted by atomic mass is 16.5. The van der Waals surface area contributed by atoms with E-state index in [0.717, 1.165) is 5.56 Å². The molecule has 18 heavy (non-hydrogen) atoms. The molecule has 0 radical (unpaired) electrons. The molecule has 0 aliphatic heterocycles. The van der Waals surface area contributed by atoms with Gasteiger partial charge in [-0.1, -0.05) is 6.07 Å². The molecular formula is C13H15NO4. The minimum absolute atomic E-state index is 0.391. The highest BCUT2D eigenvalue weighted by Gasteiger charge is 2.57. The van der Waals surface area contributed by atoms with Gasteiger partial charge in [0.2, 0.25) is 5.91 Å². The third-order valence-corrected chi connectivity index (χ3v) is 3.20. The van der Waals surface area contributed by atoms with Crippen molar-refractivity contribution in [2.24, 2.45) is 5.41 Å². The van der Waals surface area contributed by atoms with Crippen molar-refractivity contribution in [3.8, 4) is 5.75 Å². The van der Waals surface area contributed by atoms with Crippen LogP contribution in [0.4, 0.5) is 5.69 Å². The third-order valence-electron chi connectivity index (χ3n) is 3.20. The van der Waals surface area contributed by atoms with E-state index >= 15 is 0 Å². The first-order chi connectivity index (χ1) is 8.49. The molecule has 1 saturated carbocycles. The second-order valence-corrected chi connectivity index (χ2v) is 4.55. The van der Waals surface area contributed by atoms with Crippen LogP contribution in [0.15, 0.2) is 18.2 Å². The zero-order chi connectivity index (χ0) is 13.3. The number of rotatable bonds is 4. The van der Waals surface area contributed by atoms with Gasteiger partial charge in [0.05, 0.1) is 12.8 Å². The molecule has 2 rings (SSSR count). The molecule has 0 heterocycles. The fraction of sp³-hybridized carbons (Fsp3) is 0.385. The molecule has 0 atom stereocenters. The Hall–Kier alpha value is -2.04.